The Kier molecular flexibility index (Phi) is 8.44. The van der Waals surface area contributed by atoms with Crippen molar-refractivity contribution in [3.63, 3.8) is 0 Å². The molecule has 0 unspecified atom stereocenters. The summed E-state index contributed by atoms with van der Waals surface area (Å²) in [6.45, 7) is 5.98. The second-order valence-electron chi connectivity index (χ2n) is 8.43. The molecule has 0 fully saturated rings. The van der Waals surface area contributed by atoms with E-state index >= 15 is 0 Å². The highest BCUT2D eigenvalue weighted by molar-refractivity contribution is 5.82. The minimum absolute atomic E-state index is 0.0371. The summed E-state index contributed by atoms with van der Waals surface area (Å²) in [6.07, 6.45) is 5.17. The summed E-state index contributed by atoms with van der Waals surface area (Å²) in [5, 5.41) is 19.1. The first-order chi connectivity index (χ1) is 14.7. The zero-order valence-electron chi connectivity index (χ0n) is 18.6. The number of nitrogens with one attached hydrogen (secondary N) is 1. The molecule has 0 saturated carbocycles. The summed E-state index contributed by atoms with van der Waals surface area (Å²) in [6, 6.07) is 3.81. The van der Waals surface area contributed by atoms with Gasteiger partial charge in [-0.2, -0.15) is 0 Å². The van der Waals surface area contributed by atoms with Crippen molar-refractivity contribution in [3.05, 3.63) is 35.2 Å². The van der Waals surface area contributed by atoms with Gasteiger partial charge in [-0.1, -0.05) is 0 Å². The molecular weight excluding hydrogens is 398 g/mol. The molecule has 2 heterocycles. The number of pyridine rings is 1. The van der Waals surface area contributed by atoms with Crippen molar-refractivity contribution in [2.45, 2.75) is 52.0 Å². The number of nitrogens with zero attached hydrogens (tertiary/aromatic N) is 4. The number of carboxylic acid groups (broad SMARTS) is 1. The normalized spacial score (nSPS) is 12.4. The van der Waals surface area contributed by atoms with E-state index in [2.05, 4.69) is 10.3 Å². The fourth-order valence-electron chi connectivity index (χ4n) is 3.47. The monoisotopic (exact) mass is 429 g/mol. The Hall–Kier alpha value is -3.07. The summed E-state index contributed by atoms with van der Waals surface area (Å²) < 4.78 is 0. The fraction of sp³-hybridized carbons (Fsp3) is 0.500. The molecule has 3 N–H and O–H groups in total. The van der Waals surface area contributed by atoms with E-state index in [-0.39, 0.29) is 31.1 Å². The van der Waals surface area contributed by atoms with Crippen LogP contribution in [0.15, 0.2) is 18.3 Å². The molecule has 0 spiro atoms. The standard InChI is InChI=1S/C21H29N5O2.CH2O2/c1-21(2,3)25-18(28)13-26(4)20-15-6-5-7-16(15)23-19(24-20)17-12-14(9-11-27)8-10-22-17;2-1-3/h8,10,12,27H,5-7,9,11,13H2,1-4H3,(H,25,28);1H,(H,2,3). The van der Waals surface area contributed by atoms with Gasteiger partial charge in [-0.15, -0.1) is 0 Å². The number of rotatable bonds is 6. The van der Waals surface area contributed by atoms with Crippen molar-refractivity contribution >= 4 is 18.2 Å². The quantitative estimate of drug-likeness (QED) is 0.591. The molecule has 0 aromatic carbocycles. The largest absolute Gasteiger partial charge is 0.483 e. The highest BCUT2D eigenvalue weighted by Gasteiger charge is 2.24. The Bertz CT molecular complexity index is 911. The van der Waals surface area contributed by atoms with Crippen LogP contribution in [0.3, 0.4) is 0 Å². The number of carbonyl (C=O) groups excluding carboxylic acids is 1. The smallest absolute Gasteiger partial charge is 0.290 e. The van der Waals surface area contributed by atoms with Crippen molar-refractivity contribution in [1.82, 2.24) is 20.3 Å². The summed E-state index contributed by atoms with van der Waals surface area (Å²) >= 11 is 0. The van der Waals surface area contributed by atoms with Gasteiger partial charge in [0.1, 0.15) is 11.5 Å². The van der Waals surface area contributed by atoms with Crippen LogP contribution in [-0.2, 0) is 28.9 Å². The number of aryl methyl sites for hydroxylation is 1. The molecule has 3 rings (SSSR count). The van der Waals surface area contributed by atoms with Crippen molar-refractivity contribution < 1.29 is 19.8 Å². The van der Waals surface area contributed by atoms with Crippen LogP contribution >= 0.6 is 0 Å². The Labute approximate surface area is 182 Å². The van der Waals surface area contributed by atoms with Gasteiger partial charge in [0.25, 0.3) is 6.47 Å². The number of aromatic nitrogens is 3. The maximum atomic E-state index is 12.4. The summed E-state index contributed by atoms with van der Waals surface area (Å²) in [4.78, 5) is 36.6. The number of amides is 1. The first-order valence-electron chi connectivity index (χ1n) is 10.2. The Morgan fingerprint density at radius 3 is 2.65 bits per heavy atom. The molecule has 9 heteroatoms. The van der Waals surface area contributed by atoms with Gasteiger partial charge in [0, 0.05) is 36.6 Å². The minimum Gasteiger partial charge on any atom is -0.483 e. The minimum atomic E-state index is -0.270. The summed E-state index contributed by atoms with van der Waals surface area (Å²) in [5.41, 5.74) is 3.58. The highest BCUT2D eigenvalue weighted by Crippen LogP contribution is 2.30. The number of likely N-dealkylation sites (N-methyl/N-ethyl adjacent to an activating group) is 1. The van der Waals surface area contributed by atoms with Gasteiger partial charge in [-0.25, -0.2) is 9.97 Å². The lowest BCUT2D eigenvalue weighted by Crippen LogP contribution is -2.45. The number of aliphatic hydroxyl groups is 1. The predicted molar refractivity (Wildman–Crippen MR) is 118 cm³/mol. The van der Waals surface area contributed by atoms with Crippen molar-refractivity contribution in [2.75, 3.05) is 25.1 Å². The van der Waals surface area contributed by atoms with Crippen LogP contribution in [0.25, 0.3) is 11.5 Å². The lowest BCUT2D eigenvalue weighted by atomic mass is 10.1. The van der Waals surface area contributed by atoms with Crippen molar-refractivity contribution in [3.8, 4) is 11.5 Å². The van der Waals surface area contributed by atoms with E-state index in [1.165, 1.54) is 0 Å². The molecule has 2 aromatic heterocycles. The molecule has 168 valence electrons. The molecule has 9 nitrogen and oxygen atoms in total. The van der Waals surface area contributed by atoms with Crippen LogP contribution < -0.4 is 10.2 Å². The topological polar surface area (TPSA) is 129 Å². The predicted octanol–water partition coefficient (Wildman–Crippen LogP) is 1.61. The number of hydrogen-bond donors (Lipinski definition) is 3. The Morgan fingerprint density at radius 1 is 1.29 bits per heavy atom. The second kappa shape index (κ2) is 10.8. The van der Waals surface area contributed by atoms with Crippen molar-refractivity contribution in [1.29, 1.82) is 0 Å². The van der Waals surface area contributed by atoms with Gasteiger partial charge >= 0.3 is 0 Å². The highest BCUT2D eigenvalue weighted by atomic mass is 16.3. The molecule has 0 radical (unpaired) electrons. The van der Waals surface area contributed by atoms with Gasteiger partial charge < -0.3 is 20.4 Å². The molecule has 0 bridgehead atoms. The van der Waals surface area contributed by atoms with Crippen LogP contribution in [0, 0.1) is 0 Å². The van der Waals surface area contributed by atoms with E-state index in [1.54, 1.807) is 6.20 Å². The van der Waals surface area contributed by atoms with E-state index in [1.807, 2.05) is 44.9 Å². The SMILES string of the molecule is CN(CC(=O)NC(C)(C)C)c1nc(-c2cc(CCO)ccn2)nc2c1CCC2.O=CO. The molecular formula is C22H31N5O4. The van der Waals surface area contributed by atoms with Crippen LogP contribution in [0.2, 0.25) is 0 Å². The lowest BCUT2D eigenvalue weighted by molar-refractivity contribution is -0.123. The zero-order chi connectivity index (χ0) is 23.0. The zero-order valence-corrected chi connectivity index (χ0v) is 18.6. The van der Waals surface area contributed by atoms with E-state index in [0.29, 0.717) is 17.9 Å². The van der Waals surface area contributed by atoms with Gasteiger partial charge in [0.2, 0.25) is 5.91 Å². The molecule has 31 heavy (non-hydrogen) atoms. The number of carbonyl (C=O) groups is 2. The van der Waals surface area contributed by atoms with E-state index in [0.717, 1.165) is 41.9 Å². The molecule has 0 saturated heterocycles. The third kappa shape index (κ3) is 6.99. The van der Waals surface area contributed by atoms with Gasteiger partial charge in [0.05, 0.1) is 6.54 Å². The van der Waals surface area contributed by atoms with Crippen LogP contribution in [0.5, 0.6) is 0 Å². The number of aliphatic hydroxyl groups excluding tert-OH is 1. The van der Waals surface area contributed by atoms with Gasteiger partial charge in [-0.3, -0.25) is 14.6 Å². The average molecular weight is 430 g/mol. The second-order valence-corrected chi connectivity index (χ2v) is 8.43. The third-order valence-electron chi connectivity index (χ3n) is 4.62. The average Bonchev–Trinajstić information content (AvgIpc) is 3.15. The molecule has 1 amide bonds. The van der Waals surface area contributed by atoms with Crippen molar-refractivity contribution in [2.24, 2.45) is 0 Å². The molecule has 2 aromatic rings. The third-order valence-corrected chi connectivity index (χ3v) is 4.62. The number of fused-ring (bicyclic) bond motifs is 1. The van der Waals surface area contributed by atoms with E-state index < -0.39 is 0 Å². The number of hydrogen-bond acceptors (Lipinski definition) is 7. The fourth-order valence-corrected chi connectivity index (χ4v) is 3.47. The van der Waals surface area contributed by atoms with Crippen LogP contribution in [-0.4, -0.2) is 63.3 Å². The summed E-state index contributed by atoms with van der Waals surface area (Å²) in [7, 11) is 1.89. The van der Waals surface area contributed by atoms with Crippen LogP contribution in [0.4, 0.5) is 5.82 Å². The first-order valence-corrected chi connectivity index (χ1v) is 10.2. The Morgan fingerprint density at radius 2 is 2.00 bits per heavy atom. The molecule has 0 atom stereocenters. The van der Waals surface area contributed by atoms with Crippen LogP contribution in [0.1, 0.15) is 44.0 Å². The van der Waals surface area contributed by atoms with E-state index in [9.17, 15) is 9.90 Å². The maximum Gasteiger partial charge on any atom is 0.290 e. The Balaban J connectivity index is 0.00000107. The lowest BCUT2D eigenvalue weighted by Gasteiger charge is -2.25. The molecule has 0 aliphatic heterocycles. The van der Waals surface area contributed by atoms with Gasteiger partial charge in [-0.05, 0) is 64.2 Å². The molecule has 1 aliphatic rings. The first kappa shape index (κ1) is 24.2. The summed E-state index contributed by atoms with van der Waals surface area (Å²) in [5.74, 6) is 1.33. The molecule has 1 aliphatic carbocycles. The number of anilines is 1. The maximum absolute atomic E-state index is 12.4. The van der Waals surface area contributed by atoms with E-state index in [4.69, 9.17) is 19.9 Å². The van der Waals surface area contributed by atoms with Gasteiger partial charge in [0.15, 0.2) is 5.82 Å².